The molecule has 0 aliphatic carbocycles. The molecule has 0 fully saturated rings. The van der Waals surface area contributed by atoms with Crippen molar-refractivity contribution in [3.05, 3.63) is 34.9 Å². The fourth-order valence-corrected chi connectivity index (χ4v) is 1.94. The van der Waals surface area contributed by atoms with Crippen molar-refractivity contribution in [1.29, 1.82) is 0 Å². The lowest BCUT2D eigenvalue weighted by molar-refractivity contribution is -0.133. The Morgan fingerprint density at radius 3 is 2.47 bits per heavy atom. The van der Waals surface area contributed by atoms with E-state index < -0.39 is 11.9 Å². The van der Waals surface area contributed by atoms with E-state index in [-0.39, 0.29) is 12.3 Å². The Morgan fingerprint density at radius 2 is 1.95 bits per heavy atom. The van der Waals surface area contributed by atoms with Crippen LogP contribution in [0.3, 0.4) is 0 Å². The zero-order valence-corrected chi connectivity index (χ0v) is 11.6. The van der Waals surface area contributed by atoms with Gasteiger partial charge in [0.1, 0.15) is 0 Å². The van der Waals surface area contributed by atoms with E-state index >= 15 is 0 Å². The fraction of sp³-hybridized carbons (Fsp3) is 0.429. The van der Waals surface area contributed by atoms with Crippen LogP contribution in [-0.4, -0.2) is 29.8 Å². The Labute approximate surface area is 113 Å². The number of nitrogens with zero attached hydrogens (tertiary/aromatic N) is 1. The molecule has 0 spiro atoms. The molecular weight excluding hydrogens is 242 g/mol. The SMILES string of the molecule is Cc1ccc(CN(C)C(=O)C(N)CC(N)=O)c(C)c1. The highest BCUT2D eigenvalue weighted by Gasteiger charge is 2.20. The van der Waals surface area contributed by atoms with Crippen LogP contribution in [-0.2, 0) is 16.1 Å². The Balaban J connectivity index is 2.70. The molecule has 0 aliphatic rings. The molecule has 4 N–H and O–H groups in total. The summed E-state index contributed by atoms with van der Waals surface area (Å²) >= 11 is 0. The maximum atomic E-state index is 12.0. The monoisotopic (exact) mass is 263 g/mol. The molecule has 0 heterocycles. The Kier molecular flexibility index (Phi) is 5.06. The van der Waals surface area contributed by atoms with Crippen LogP contribution in [0.5, 0.6) is 0 Å². The minimum Gasteiger partial charge on any atom is -0.370 e. The highest BCUT2D eigenvalue weighted by Crippen LogP contribution is 2.13. The van der Waals surface area contributed by atoms with Crippen molar-refractivity contribution in [1.82, 2.24) is 4.90 Å². The highest BCUT2D eigenvalue weighted by atomic mass is 16.2. The van der Waals surface area contributed by atoms with Gasteiger partial charge in [-0.25, -0.2) is 0 Å². The van der Waals surface area contributed by atoms with Crippen molar-refractivity contribution >= 4 is 11.8 Å². The van der Waals surface area contributed by atoms with Crippen molar-refractivity contribution in [3.63, 3.8) is 0 Å². The number of amides is 2. The summed E-state index contributed by atoms with van der Waals surface area (Å²) in [5.74, 6) is -0.848. The van der Waals surface area contributed by atoms with Crippen LogP contribution in [0.4, 0.5) is 0 Å². The first-order valence-electron chi connectivity index (χ1n) is 6.16. The Morgan fingerprint density at radius 1 is 1.32 bits per heavy atom. The van der Waals surface area contributed by atoms with Gasteiger partial charge >= 0.3 is 0 Å². The molecule has 0 bridgehead atoms. The van der Waals surface area contributed by atoms with Crippen molar-refractivity contribution in [2.75, 3.05) is 7.05 Å². The lowest BCUT2D eigenvalue weighted by atomic mass is 10.0. The minimum atomic E-state index is -0.867. The first kappa shape index (κ1) is 15.2. The van der Waals surface area contributed by atoms with E-state index in [1.165, 1.54) is 10.5 Å². The molecule has 0 saturated carbocycles. The summed E-state index contributed by atoms with van der Waals surface area (Å²) in [6, 6.07) is 5.20. The summed E-state index contributed by atoms with van der Waals surface area (Å²) in [4.78, 5) is 24.2. The summed E-state index contributed by atoms with van der Waals surface area (Å²) in [7, 11) is 1.67. The molecule has 1 atom stereocenters. The maximum Gasteiger partial charge on any atom is 0.240 e. The molecule has 1 unspecified atom stereocenters. The molecule has 1 aromatic carbocycles. The summed E-state index contributed by atoms with van der Waals surface area (Å²) in [6.07, 6.45) is -0.129. The molecule has 0 aliphatic heterocycles. The summed E-state index contributed by atoms with van der Waals surface area (Å²) in [6.45, 7) is 4.50. The van der Waals surface area contributed by atoms with Crippen LogP contribution < -0.4 is 11.5 Å². The predicted octanol–water partition coefficient (Wildman–Crippen LogP) is 0.465. The van der Waals surface area contributed by atoms with Crippen molar-refractivity contribution in [2.24, 2.45) is 11.5 Å². The third-order valence-electron chi connectivity index (χ3n) is 3.02. The van der Waals surface area contributed by atoms with E-state index in [2.05, 4.69) is 6.07 Å². The molecular formula is C14H21N3O2. The molecule has 2 amide bonds. The lowest BCUT2D eigenvalue weighted by Crippen LogP contribution is -2.43. The predicted molar refractivity (Wildman–Crippen MR) is 74.2 cm³/mol. The van der Waals surface area contributed by atoms with Gasteiger partial charge in [-0.05, 0) is 25.0 Å². The second-order valence-electron chi connectivity index (χ2n) is 4.90. The van der Waals surface area contributed by atoms with E-state index in [1.807, 2.05) is 26.0 Å². The van der Waals surface area contributed by atoms with Gasteiger partial charge in [0, 0.05) is 13.6 Å². The molecule has 0 aromatic heterocycles. The van der Waals surface area contributed by atoms with Crippen LogP contribution in [0, 0.1) is 13.8 Å². The van der Waals surface area contributed by atoms with E-state index in [1.54, 1.807) is 7.05 Å². The van der Waals surface area contributed by atoms with Gasteiger partial charge in [-0.1, -0.05) is 23.8 Å². The van der Waals surface area contributed by atoms with E-state index in [0.29, 0.717) is 6.54 Å². The zero-order valence-electron chi connectivity index (χ0n) is 11.6. The number of primary amides is 1. The molecule has 1 aromatic rings. The topological polar surface area (TPSA) is 89.4 Å². The zero-order chi connectivity index (χ0) is 14.6. The smallest absolute Gasteiger partial charge is 0.240 e. The molecule has 19 heavy (non-hydrogen) atoms. The lowest BCUT2D eigenvalue weighted by Gasteiger charge is -2.21. The number of nitrogens with two attached hydrogens (primary N) is 2. The first-order chi connectivity index (χ1) is 8.81. The second-order valence-corrected chi connectivity index (χ2v) is 4.90. The number of rotatable bonds is 5. The quantitative estimate of drug-likeness (QED) is 0.809. The average Bonchev–Trinajstić information content (AvgIpc) is 2.30. The first-order valence-corrected chi connectivity index (χ1v) is 6.16. The normalized spacial score (nSPS) is 12.0. The van der Waals surface area contributed by atoms with Gasteiger partial charge in [-0.3, -0.25) is 9.59 Å². The van der Waals surface area contributed by atoms with E-state index in [0.717, 1.165) is 11.1 Å². The summed E-state index contributed by atoms with van der Waals surface area (Å²) in [5.41, 5.74) is 14.0. The van der Waals surface area contributed by atoms with Gasteiger partial charge < -0.3 is 16.4 Å². The number of benzene rings is 1. The number of hydrogen-bond donors (Lipinski definition) is 2. The van der Waals surface area contributed by atoms with Crippen molar-refractivity contribution in [3.8, 4) is 0 Å². The third kappa shape index (κ3) is 4.37. The fourth-order valence-electron chi connectivity index (χ4n) is 1.94. The molecule has 0 saturated heterocycles. The Bertz CT molecular complexity index is 486. The molecule has 0 radical (unpaired) electrons. The van der Waals surface area contributed by atoms with Crippen molar-refractivity contribution < 1.29 is 9.59 Å². The molecule has 5 heteroatoms. The highest BCUT2D eigenvalue weighted by molar-refractivity contribution is 5.87. The minimum absolute atomic E-state index is 0.129. The van der Waals surface area contributed by atoms with Crippen LogP contribution in [0.15, 0.2) is 18.2 Å². The van der Waals surface area contributed by atoms with Gasteiger partial charge in [0.2, 0.25) is 11.8 Å². The molecule has 5 nitrogen and oxygen atoms in total. The third-order valence-corrected chi connectivity index (χ3v) is 3.02. The number of aryl methyl sites for hydroxylation is 2. The van der Waals surface area contributed by atoms with Gasteiger partial charge in [0.25, 0.3) is 0 Å². The van der Waals surface area contributed by atoms with E-state index in [4.69, 9.17) is 11.5 Å². The molecule has 104 valence electrons. The standard InChI is InChI=1S/C14H21N3O2/c1-9-4-5-11(10(2)6-9)8-17(3)14(19)12(15)7-13(16)18/h4-6,12H,7-8,15H2,1-3H3,(H2,16,18). The Hall–Kier alpha value is -1.88. The maximum absolute atomic E-state index is 12.0. The van der Waals surface area contributed by atoms with Crippen molar-refractivity contribution in [2.45, 2.75) is 32.9 Å². The summed E-state index contributed by atoms with van der Waals surface area (Å²) < 4.78 is 0. The van der Waals surface area contributed by atoms with Crippen LogP contribution in [0.1, 0.15) is 23.1 Å². The largest absolute Gasteiger partial charge is 0.370 e. The average molecular weight is 263 g/mol. The van der Waals surface area contributed by atoms with Gasteiger partial charge in [0.15, 0.2) is 0 Å². The van der Waals surface area contributed by atoms with Crippen LogP contribution >= 0.6 is 0 Å². The van der Waals surface area contributed by atoms with Crippen LogP contribution in [0.2, 0.25) is 0 Å². The number of hydrogen-bond acceptors (Lipinski definition) is 3. The van der Waals surface area contributed by atoms with Gasteiger partial charge in [0.05, 0.1) is 12.5 Å². The summed E-state index contributed by atoms with van der Waals surface area (Å²) in [5, 5.41) is 0. The second kappa shape index (κ2) is 6.33. The number of likely N-dealkylation sites (N-methyl/N-ethyl adjacent to an activating group) is 1. The van der Waals surface area contributed by atoms with Gasteiger partial charge in [-0.15, -0.1) is 0 Å². The van der Waals surface area contributed by atoms with E-state index in [9.17, 15) is 9.59 Å². The van der Waals surface area contributed by atoms with Crippen LogP contribution in [0.25, 0.3) is 0 Å². The molecule has 1 rings (SSSR count). The number of carbonyl (C=O) groups is 2. The van der Waals surface area contributed by atoms with Gasteiger partial charge in [-0.2, -0.15) is 0 Å². The number of carbonyl (C=O) groups excluding carboxylic acids is 2.